The first-order valence-corrected chi connectivity index (χ1v) is 9.50. The smallest absolute Gasteiger partial charge is 0.267 e. The molecule has 1 N–H and O–H groups in total. The SMILES string of the molecule is CC.CCOC(C)=Cc1ccc(CC)cc1C(=O)NC1CCCC1(F)F. The number of amides is 1. The molecule has 5 heteroatoms. The monoisotopic (exact) mass is 367 g/mol. The zero-order chi connectivity index (χ0) is 19.7. The fraction of sp³-hybridized carbons (Fsp3) is 0.571. The molecule has 1 aromatic rings. The van der Waals surface area contributed by atoms with Gasteiger partial charge in [0, 0.05) is 12.0 Å². The summed E-state index contributed by atoms with van der Waals surface area (Å²) in [5.74, 6) is -2.59. The van der Waals surface area contributed by atoms with E-state index in [0.717, 1.165) is 12.0 Å². The third kappa shape index (κ3) is 5.82. The van der Waals surface area contributed by atoms with Gasteiger partial charge in [-0.15, -0.1) is 0 Å². The van der Waals surface area contributed by atoms with E-state index in [2.05, 4.69) is 5.32 Å². The predicted octanol–water partition coefficient (Wildman–Crippen LogP) is 5.59. The second-order valence-electron chi connectivity index (χ2n) is 6.14. The summed E-state index contributed by atoms with van der Waals surface area (Å²) in [6, 6.07) is 4.46. The normalized spacial score (nSPS) is 18.7. The van der Waals surface area contributed by atoms with Gasteiger partial charge in [0.15, 0.2) is 0 Å². The quantitative estimate of drug-likeness (QED) is 0.666. The Balaban J connectivity index is 0.00000163. The summed E-state index contributed by atoms with van der Waals surface area (Å²) in [6.45, 7) is 10.2. The van der Waals surface area contributed by atoms with E-state index in [-0.39, 0.29) is 6.42 Å². The maximum atomic E-state index is 13.8. The minimum Gasteiger partial charge on any atom is -0.499 e. The molecule has 0 saturated heterocycles. The highest BCUT2D eigenvalue weighted by molar-refractivity contribution is 5.98. The van der Waals surface area contributed by atoms with Crippen LogP contribution in [0.4, 0.5) is 8.78 Å². The van der Waals surface area contributed by atoms with Crippen LogP contribution in [-0.2, 0) is 11.2 Å². The van der Waals surface area contributed by atoms with Crippen molar-refractivity contribution in [3.63, 3.8) is 0 Å². The summed E-state index contributed by atoms with van der Waals surface area (Å²) in [4.78, 5) is 12.6. The summed E-state index contributed by atoms with van der Waals surface area (Å²) >= 11 is 0. The Morgan fingerprint density at radius 2 is 2.04 bits per heavy atom. The van der Waals surface area contributed by atoms with Gasteiger partial charge in [0.25, 0.3) is 11.8 Å². The van der Waals surface area contributed by atoms with E-state index in [1.54, 1.807) is 12.1 Å². The Hall–Kier alpha value is -1.91. The molecule has 3 nitrogen and oxygen atoms in total. The topological polar surface area (TPSA) is 38.3 Å². The molecular weight excluding hydrogens is 336 g/mol. The predicted molar refractivity (Wildman–Crippen MR) is 102 cm³/mol. The zero-order valence-electron chi connectivity index (χ0n) is 16.5. The Bertz CT molecular complexity index is 626. The van der Waals surface area contributed by atoms with Crippen molar-refractivity contribution in [2.45, 2.75) is 72.3 Å². The minimum atomic E-state index is -2.82. The molecule has 0 aliphatic heterocycles. The summed E-state index contributed by atoms with van der Waals surface area (Å²) < 4.78 is 33.0. The number of ether oxygens (including phenoxy) is 1. The first-order chi connectivity index (χ1) is 12.4. The first-order valence-electron chi connectivity index (χ1n) is 9.50. The molecule has 26 heavy (non-hydrogen) atoms. The summed E-state index contributed by atoms with van der Waals surface area (Å²) in [5, 5.41) is 2.52. The largest absolute Gasteiger partial charge is 0.499 e. The van der Waals surface area contributed by atoms with Crippen molar-refractivity contribution in [2.75, 3.05) is 6.61 Å². The van der Waals surface area contributed by atoms with Crippen LogP contribution in [0.3, 0.4) is 0 Å². The number of hydrogen-bond donors (Lipinski definition) is 1. The number of allylic oxidation sites excluding steroid dienone is 1. The molecule has 2 rings (SSSR count). The third-order valence-electron chi connectivity index (χ3n) is 4.32. The molecule has 1 atom stereocenters. The van der Waals surface area contributed by atoms with Crippen molar-refractivity contribution in [1.29, 1.82) is 0 Å². The molecule has 0 aromatic heterocycles. The van der Waals surface area contributed by atoms with E-state index in [0.29, 0.717) is 36.3 Å². The van der Waals surface area contributed by atoms with E-state index >= 15 is 0 Å². The van der Waals surface area contributed by atoms with Crippen molar-refractivity contribution in [3.8, 4) is 0 Å². The van der Waals surface area contributed by atoms with Gasteiger partial charge in [-0.25, -0.2) is 8.78 Å². The lowest BCUT2D eigenvalue weighted by atomic mass is 10.0. The second kappa shape index (κ2) is 10.3. The minimum absolute atomic E-state index is 0.164. The van der Waals surface area contributed by atoms with E-state index in [1.807, 2.05) is 46.8 Å². The summed E-state index contributed by atoms with van der Waals surface area (Å²) in [7, 11) is 0. The highest BCUT2D eigenvalue weighted by Gasteiger charge is 2.44. The van der Waals surface area contributed by atoms with Crippen LogP contribution in [0.15, 0.2) is 24.0 Å². The second-order valence-corrected chi connectivity index (χ2v) is 6.14. The van der Waals surface area contributed by atoms with Crippen LogP contribution in [0.2, 0.25) is 0 Å². The summed E-state index contributed by atoms with van der Waals surface area (Å²) in [5.41, 5.74) is 2.08. The number of carbonyl (C=O) groups excluding carboxylic acids is 1. The van der Waals surface area contributed by atoms with Crippen LogP contribution >= 0.6 is 0 Å². The van der Waals surface area contributed by atoms with Crippen molar-refractivity contribution < 1.29 is 18.3 Å². The van der Waals surface area contributed by atoms with Gasteiger partial charge in [0.2, 0.25) is 0 Å². The van der Waals surface area contributed by atoms with Gasteiger partial charge >= 0.3 is 0 Å². The molecule has 0 spiro atoms. The maximum absolute atomic E-state index is 13.8. The lowest BCUT2D eigenvalue weighted by Gasteiger charge is -2.21. The maximum Gasteiger partial charge on any atom is 0.267 e. The summed E-state index contributed by atoms with van der Waals surface area (Å²) in [6.07, 6.45) is 3.13. The molecule has 0 radical (unpaired) electrons. The standard InChI is InChI=1S/C19H25F2NO2.C2H6/c1-4-14-8-9-15(11-13(3)24-5-2)16(12-14)18(23)22-17-7-6-10-19(17,20)21;1-2/h8-9,11-12,17H,4-7,10H2,1-3H3,(H,22,23);1-2H3. The van der Waals surface area contributed by atoms with Crippen molar-refractivity contribution >= 4 is 12.0 Å². The number of halogens is 2. The zero-order valence-corrected chi connectivity index (χ0v) is 16.5. The van der Waals surface area contributed by atoms with Crippen LogP contribution in [0.25, 0.3) is 6.08 Å². The number of alkyl halides is 2. The highest BCUT2D eigenvalue weighted by Crippen LogP contribution is 2.35. The Labute approximate surface area is 155 Å². The van der Waals surface area contributed by atoms with E-state index in [9.17, 15) is 13.6 Å². The van der Waals surface area contributed by atoms with Gasteiger partial charge in [0.1, 0.15) is 0 Å². The Morgan fingerprint density at radius 3 is 2.58 bits per heavy atom. The fourth-order valence-electron chi connectivity index (χ4n) is 2.98. The number of carbonyl (C=O) groups is 1. The van der Waals surface area contributed by atoms with Crippen LogP contribution in [-0.4, -0.2) is 24.5 Å². The molecule has 0 heterocycles. The van der Waals surface area contributed by atoms with Gasteiger partial charge in [-0.2, -0.15) is 0 Å². The fourth-order valence-corrected chi connectivity index (χ4v) is 2.98. The molecule has 1 aliphatic rings. The van der Waals surface area contributed by atoms with Crippen LogP contribution in [0.5, 0.6) is 0 Å². The first kappa shape index (κ1) is 22.1. The molecule has 0 bridgehead atoms. The number of hydrogen-bond acceptors (Lipinski definition) is 2. The molecular formula is C21H31F2NO2. The van der Waals surface area contributed by atoms with Crippen molar-refractivity contribution in [2.24, 2.45) is 0 Å². The Morgan fingerprint density at radius 1 is 1.35 bits per heavy atom. The molecule has 1 unspecified atom stereocenters. The highest BCUT2D eigenvalue weighted by atomic mass is 19.3. The van der Waals surface area contributed by atoms with E-state index in [1.165, 1.54) is 0 Å². The van der Waals surface area contributed by atoms with Crippen molar-refractivity contribution in [3.05, 3.63) is 40.6 Å². The van der Waals surface area contributed by atoms with E-state index in [4.69, 9.17) is 4.74 Å². The molecule has 1 fully saturated rings. The number of rotatable bonds is 6. The molecule has 146 valence electrons. The number of benzene rings is 1. The Kier molecular flexibility index (Phi) is 8.76. The molecule has 1 saturated carbocycles. The molecule has 1 aromatic carbocycles. The van der Waals surface area contributed by atoms with Gasteiger partial charge in [-0.3, -0.25) is 4.79 Å². The lowest BCUT2D eigenvalue weighted by molar-refractivity contribution is -0.0164. The average molecular weight is 367 g/mol. The van der Waals surface area contributed by atoms with Gasteiger partial charge in [0.05, 0.1) is 18.4 Å². The molecule has 1 amide bonds. The van der Waals surface area contributed by atoms with Gasteiger partial charge in [-0.1, -0.05) is 32.9 Å². The number of aryl methyl sites for hydroxylation is 1. The van der Waals surface area contributed by atoms with Crippen LogP contribution < -0.4 is 5.32 Å². The van der Waals surface area contributed by atoms with Gasteiger partial charge in [-0.05, 0) is 56.4 Å². The molecule has 1 aliphatic carbocycles. The van der Waals surface area contributed by atoms with E-state index < -0.39 is 17.9 Å². The van der Waals surface area contributed by atoms with Crippen LogP contribution in [0, 0.1) is 0 Å². The number of nitrogens with one attached hydrogen (secondary N) is 1. The van der Waals surface area contributed by atoms with Gasteiger partial charge < -0.3 is 10.1 Å². The third-order valence-corrected chi connectivity index (χ3v) is 4.32. The lowest BCUT2D eigenvalue weighted by Crippen LogP contribution is -2.44. The van der Waals surface area contributed by atoms with Crippen molar-refractivity contribution in [1.82, 2.24) is 5.32 Å². The van der Waals surface area contributed by atoms with Crippen LogP contribution in [0.1, 0.15) is 75.4 Å². The average Bonchev–Trinajstić information content (AvgIpc) is 2.95.